The molecule has 18 heavy (non-hydrogen) atoms. The molecular formula is C13H11N3OS. The molecule has 2 aromatic heterocycles. The van der Waals surface area contributed by atoms with E-state index in [4.69, 9.17) is 5.26 Å². The highest BCUT2D eigenvalue weighted by Gasteiger charge is 2.13. The van der Waals surface area contributed by atoms with Gasteiger partial charge in [0.1, 0.15) is 11.1 Å². The lowest BCUT2D eigenvalue weighted by atomic mass is 10.1. The van der Waals surface area contributed by atoms with Crippen molar-refractivity contribution < 1.29 is 4.79 Å². The van der Waals surface area contributed by atoms with Crippen LogP contribution in [0.1, 0.15) is 28.4 Å². The molecule has 2 rings (SSSR count). The number of nitriles is 1. The summed E-state index contributed by atoms with van der Waals surface area (Å²) in [6.07, 6.45) is 4.02. The van der Waals surface area contributed by atoms with Crippen molar-refractivity contribution >= 4 is 22.2 Å². The fraction of sp³-hybridized carbons (Fsp3) is 0.154. The highest BCUT2D eigenvalue weighted by Crippen LogP contribution is 2.23. The van der Waals surface area contributed by atoms with Gasteiger partial charge in [0.25, 0.3) is 5.91 Å². The number of carbonyl (C=O) groups excluding carboxylic acids is 1. The third-order valence-corrected chi connectivity index (χ3v) is 3.37. The van der Waals surface area contributed by atoms with E-state index in [2.05, 4.69) is 10.3 Å². The lowest BCUT2D eigenvalue weighted by Gasteiger charge is -2.07. The van der Waals surface area contributed by atoms with Crippen molar-refractivity contribution in [1.82, 2.24) is 4.98 Å². The molecule has 0 aliphatic heterocycles. The first-order chi connectivity index (χ1) is 8.76. The van der Waals surface area contributed by atoms with E-state index in [1.807, 2.05) is 13.0 Å². The molecule has 0 aliphatic carbocycles. The Kier molecular flexibility index (Phi) is 3.70. The molecule has 0 aromatic carbocycles. The quantitative estimate of drug-likeness (QED) is 0.919. The van der Waals surface area contributed by atoms with Gasteiger partial charge in [-0.15, -0.1) is 11.3 Å². The van der Waals surface area contributed by atoms with Crippen LogP contribution in [-0.4, -0.2) is 10.9 Å². The molecule has 0 atom stereocenters. The van der Waals surface area contributed by atoms with E-state index in [0.717, 1.165) is 12.0 Å². The minimum absolute atomic E-state index is 0.201. The SMILES string of the molecule is CCc1cnccc1C(=O)Nc1sccc1C#N. The first-order valence-corrected chi connectivity index (χ1v) is 6.36. The van der Waals surface area contributed by atoms with E-state index in [9.17, 15) is 4.79 Å². The van der Waals surface area contributed by atoms with Gasteiger partial charge in [-0.1, -0.05) is 6.92 Å². The van der Waals surface area contributed by atoms with Crippen molar-refractivity contribution in [3.63, 3.8) is 0 Å². The first-order valence-electron chi connectivity index (χ1n) is 5.48. The number of rotatable bonds is 3. The molecule has 0 bridgehead atoms. The smallest absolute Gasteiger partial charge is 0.256 e. The maximum atomic E-state index is 12.1. The summed E-state index contributed by atoms with van der Waals surface area (Å²) in [4.78, 5) is 16.1. The minimum atomic E-state index is -0.201. The van der Waals surface area contributed by atoms with Crippen molar-refractivity contribution in [2.45, 2.75) is 13.3 Å². The number of nitrogens with zero attached hydrogens (tertiary/aromatic N) is 2. The summed E-state index contributed by atoms with van der Waals surface area (Å²) in [5.41, 5.74) is 1.98. The van der Waals surface area contributed by atoms with Crippen molar-refractivity contribution in [1.29, 1.82) is 5.26 Å². The lowest BCUT2D eigenvalue weighted by Crippen LogP contribution is -2.14. The average Bonchev–Trinajstić information content (AvgIpc) is 2.85. The molecule has 1 N–H and O–H groups in total. The number of hydrogen-bond acceptors (Lipinski definition) is 4. The van der Waals surface area contributed by atoms with Crippen molar-refractivity contribution in [3.8, 4) is 6.07 Å². The van der Waals surface area contributed by atoms with E-state index in [0.29, 0.717) is 16.1 Å². The predicted octanol–water partition coefficient (Wildman–Crippen LogP) is 2.83. The van der Waals surface area contributed by atoms with Crippen LogP contribution in [-0.2, 0) is 6.42 Å². The van der Waals surface area contributed by atoms with E-state index in [-0.39, 0.29) is 5.91 Å². The number of anilines is 1. The molecule has 2 heterocycles. The predicted molar refractivity (Wildman–Crippen MR) is 70.6 cm³/mol. The Morgan fingerprint density at radius 1 is 1.56 bits per heavy atom. The topological polar surface area (TPSA) is 65.8 Å². The summed E-state index contributed by atoms with van der Waals surface area (Å²) in [5, 5.41) is 14.0. The Balaban J connectivity index is 2.25. The fourth-order valence-electron chi connectivity index (χ4n) is 1.59. The Morgan fingerprint density at radius 3 is 3.11 bits per heavy atom. The van der Waals surface area contributed by atoms with E-state index in [1.165, 1.54) is 11.3 Å². The van der Waals surface area contributed by atoms with Crippen LogP contribution >= 0.6 is 11.3 Å². The lowest BCUT2D eigenvalue weighted by molar-refractivity contribution is 0.102. The summed E-state index contributed by atoms with van der Waals surface area (Å²) in [7, 11) is 0. The molecule has 0 saturated heterocycles. The van der Waals surface area contributed by atoms with Gasteiger partial charge in [0.05, 0.1) is 5.56 Å². The van der Waals surface area contributed by atoms with Crippen molar-refractivity contribution in [2.75, 3.05) is 5.32 Å². The average molecular weight is 257 g/mol. The normalized spacial score (nSPS) is 9.78. The fourth-order valence-corrected chi connectivity index (χ4v) is 2.33. The molecule has 0 fully saturated rings. The van der Waals surface area contributed by atoms with E-state index >= 15 is 0 Å². The highest BCUT2D eigenvalue weighted by atomic mass is 32.1. The third-order valence-electron chi connectivity index (χ3n) is 2.54. The van der Waals surface area contributed by atoms with Crippen molar-refractivity contribution in [2.24, 2.45) is 0 Å². The maximum Gasteiger partial charge on any atom is 0.256 e. The number of nitrogens with one attached hydrogen (secondary N) is 1. The van der Waals surface area contributed by atoms with Gasteiger partial charge in [-0.05, 0) is 29.5 Å². The van der Waals surface area contributed by atoms with Crippen LogP contribution < -0.4 is 5.32 Å². The van der Waals surface area contributed by atoms with Gasteiger partial charge in [-0.3, -0.25) is 9.78 Å². The number of aryl methyl sites for hydroxylation is 1. The second kappa shape index (κ2) is 5.43. The molecular weight excluding hydrogens is 246 g/mol. The summed E-state index contributed by atoms with van der Waals surface area (Å²) in [6, 6.07) is 5.42. The molecule has 2 aromatic rings. The van der Waals surface area contributed by atoms with Crippen LogP contribution in [0.25, 0.3) is 0 Å². The number of amides is 1. The standard InChI is InChI=1S/C13H11N3OS/c1-2-9-8-15-5-3-11(9)12(17)16-13-10(7-14)4-6-18-13/h3-6,8H,2H2,1H3,(H,16,17). The van der Waals surface area contributed by atoms with Crippen LogP contribution in [0.15, 0.2) is 29.9 Å². The Labute approximate surface area is 109 Å². The second-order valence-corrected chi connectivity index (χ2v) is 4.53. The van der Waals surface area contributed by atoms with Crippen LogP contribution in [0.3, 0.4) is 0 Å². The molecule has 0 unspecified atom stereocenters. The van der Waals surface area contributed by atoms with Gasteiger partial charge >= 0.3 is 0 Å². The van der Waals surface area contributed by atoms with Crippen LogP contribution in [0.4, 0.5) is 5.00 Å². The van der Waals surface area contributed by atoms with Gasteiger partial charge in [0.2, 0.25) is 0 Å². The van der Waals surface area contributed by atoms with Crippen LogP contribution in [0.5, 0.6) is 0 Å². The Morgan fingerprint density at radius 2 is 2.39 bits per heavy atom. The van der Waals surface area contributed by atoms with Gasteiger partial charge in [-0.25, -0.2) is 0 Å². The first kappa shape index (κ1) is 12.3. The Hall–Kier alpha value is -2.19. The number of carbonyl (C=O) groups is 1. The third kappa shape index (κ3) is 2.39. The molecule has 0 spiro atoms. The van der Waals surface area contributed by atoms with Gasteiger partial charge in [-0.2, -0.15) is 5.26 Å². The largest absolute Gasteiger partial charge is 0.312 e. The molecule has 0 aliphatic rings. The Bertz CT molecular complexity index is 613. The second-order valence-electron chi connectivity index (χ2n) is 3.62. The monoisotopic (exact) mass is 257 g/mol. The van der Waals surface area contributed by atoms with Crippen LogP contribution in [0.2, 0.25) is 0 Å². The summed E-state index contributed by atoms with van der Waals surface area (Å²) < 4.78 is 0. The molecule has 5 heteroatoms. The molecule has 90 valence electrons. The zero-order valence-corrected chi connectivity index (χ0v) is 10.6. The number of thiophene rings is 1. The number of aromatic nitrogens is 1. The van der Waals surface area contributed by atoms with E-state index < -0.39 is 0 Å². The zero-order chi connectivity index (χ0) is 13.0. The van der Waals surface area contributed by atoms with Gasteiger partial charge in [0, 0.05) is 18.0 Å². The van der Waals surface area contributed by atoms with Gasteiger partial charge < -0.3 is 5.32 Å². The van der Waals surface area contributed by atoms with Crippen molar-refractivity contribution in [3.05, 3.63) is 46.6 Å². The zero-order valence-electron chi connectivity index (χ0n) is 9.80. The highest BCUT2D eigenvalue weighted by molar-refractivity contribution is 7.14. The van der Waals surface area contributed by atoms with Crippen LogP contribution in [0, 0.1) is 11.3 Å². The minimum Gasteiger partial charge on any atom is -0.312 e. The van der Waals surface area contributed by atoms with E-state index in [1.54, 1.807) is 29.9 Å². The molecule has 0 saturated carbocycles. The summed E-state index contributed by atoms with van der Waals surface area (Å²) >= 11 is 1.34. The number of hydrogen-bond donors (Lipinski definition) is 1. The number of pyridine rings is 1. The molecule has 0 radical (unpaired) electrons. The summed E-state index contributed by atoms with van der Waals surface area (Å²) in [6.45, 7) is 1.97. The summed E-state index contributed by atoms with van der Waals surface area (Å²) in [5.74, 6) is -0.201. The molecule has 4 nitrogen and oxygen atoms in total. The maximum absolute atomic E-state index is 12.1. The molecule has 1 amide bonds. The van der Waals surface area contributed by atoms with Gasteiger partial charge in [0.15, 0.2) is 0 Å².